The number of likely N-dealkylation sites (tertiary alicyclic amines) is 1. The summed E-state index contributed by atoms with van der Waals surface area (Å²) in [6.07, 6.45) is 4.89. The molecule has 1 aliphatic carbocycles. The van der Waals surface area contributed by atoms with Gasteiger partial charge in [-0.1, -0.05) is 94.8 Å². The third kappa shape index (κ3) is 10.3. The fraction of sp³-hybridized carbons (Fsp3) is 0.440. The van der Waals surface area contributed by atoms with Gasteiger partial charge in [-0.05, 0) is 23.6 Å². The van der Waals surface area contributed by atoms with Gasteiger partial charge in [0, 0.05) is 6.54 Å². The van der Waals surface area contributed by atoms with Crippen molar-refractivity contribution in [3.05, 3.63) is 85.1 Å². The topological polar surface area (TPSA) is 3.24 Å². The summed E-state index contributed by atoms with van der Waals surface area (Å²) in [5.41, 5.74) is 2.88. The molecule has 2 atom stereocenters. The Bertz CT molecular complexity index is 549. The normalized spacial score (nSPS) is 19.7. The zero-order valence-corrected chi connectivity index (χ0v) is 20.5. The minimum atomic E-state index is 0. The van der Waals surface area contributed by atoms with E-state index in [1.54, 1.807) is 0 Å². The fourth-order valence-corrected chi connectivity index (χ4v) is 2.98. The molecule has 148 valence electrons. The smallest absolute Gasteiger partial charge is 0.340 e. The van der Waals surface area contributed by atoms with E-state index in [9.17, 15) is 0 Å². The minimum absolute atomic E-state index is 0. The molecule has 0 bridgehead atoms. The van der Waals surface area contributed by atoms with E-state index in [2.05, 4.69) is 78.9 Å². The SMILES string of the molecule is CC.CC.[CH2-][C@@H]1C[C@H]1c1ccccc1.[W+2].c1ccc(CN2C[CH-]CC2)cc1. The van der Waals surface area contributed by atoms with Crippen LogP contribution in [0.25, 0.3) is 0 Å². The molecule has 2 aromatic carbocycles. The van der Waals surface area contributed by atoms with Crippen LogP contribution in [-0.4, -0.2) is 18.0 Å². The van der Waals surface area contributed by atoms with Crippen molar-refractivity contribution in [2.75, 3.05) is 13.1 Å². The van der Waals surface area contributed by atoms with Crippen molar-refractivity contribution < 1.29 is 21.1 Å². The molecule has 0 radical (unpaired) electrons. The van der Waals surface area contributed by atoms with Gasteiger partial charge in [0.15, 0.2) is 0 Å². The third-order valence-corrected chi connectivity index (χ3v) is 4.44. The number of benzene rings is 2. The number of rotatable bonds is 3. The molecule has 2 aromatic rings. The summed E-state index contributed by atoms with van der Waals surface area (Å²) < 4.78 is 0. The zero-order valence-electron chi connectivity index (χ0n) is 17.6. The monoisotopic (exact) mass is 535 g/mol. The van der Waals surface area contributed by atoms with Crippen LogP contribution in [0.3, 0.4) is 0 Å². The summed E-state index contributed by atoms with van der Waals surface area (Å²) >= 11 is 0. The van der Waals surface area contributed by atoms with Crippen molar-refractivity contribution in [1.82, 2.24) is 4.90 Å². The minimum Gasteiger partial charge on any atom is -0.340 e. The van der Waals surface area contributed by atoms with E-state index in [1.165, 1.54) is 30.5 Å². The molecule has 0 unspecified atom stereocenters. The largest absolute Gasteiger partial charge is 2.00 e. The molecule has 1 saturated carbocycles. The van der Waals surface area contributed by atoms with Gasteiger partial charge in [0.2, 0.25) is 0 Å². The molecule has 2 aliphatic rings. The van der Waals surface area contributed by atoms with Crippen LogP contribution in [0.4, 0.5) is 0 Å². The molecule has 1 saturated heterocycles. The summed E-state index contributed by atoms with van der Waals surface area (Å²) in [5, 5.41) is 0. The second kappa shape index (κ2) is 16.1. The zero-order chi connectivity index (χ0) is 19.2. The van der Waals surface area contributed by atoms with Crippen molar-refractivity contribution in [1.29, 1.82) is 0 Å². The Hall–Kier alpha value is -0.912. The summed E-state index contributed by atoms with van der Waals surface area (Å²) in [4.78, 5) is 2.47. The molecule has 0 N–H and O–H groups in total. The van der Waals surface area contributed by atoms with E-state index in [0.717, 1.165) is 19.0 Å². The molecule has 0 amide bonds. The molecule has 1 aliphatic heterocycles. The van der Waals surface area contributed by atoms with E-state index in [0.29, 0.717) is 5.92 Å². The molecule has 4 rings (SSSR count). The van der Waals surface area contributed by atoms with Crippen LogP contribution >= 0.6 is 0 Å². The van der Waals surface area contributed by atoms with Crippen LogP contribution in [0.15, 0.2) is 60.7 Å². The van der Waals surface area contributed by atoms with Crippen LogP contribution in [0.5, 0.6) is 0 Å². The standard InChI is InChI=1S/C11H14N.C10H11.2C2H6.W/c1-2-6-11(7-3-1)10-12-8-4-5-9-12;1-8-7-10(8)9-5-3-2-4-6-9;2*1-2;/h1-4,6-7H,5,8-10H2;2-6,8,10H,1,7H2;2*1-2H3;/q2*-1;;;+2/t;8-,10-;;;/m.1.../s1. The Kier molecular flexibility index (Phi) is 15.5. The van der Waals surface area contributed by atoms with Crippen molar-refractivity contribution in [3.63, 3.8) is 0 Å². The molecule has 0 spiro atoms. The van der Waals surface area contributed by atoms with Crippen LogP contribution in [0.1, 0.15) is 57.6 Å². The van der Waals surface area contributed by atoms with E-state index >= 15 is 0 Å². The van der Waals surface area contributed by atoms with E-state index < -0.39 is 0 Å². The molecular formula is C25H37NW. The maximum absolute atomic E-state index is 4.01. The van der Waals surface area contributed by atoms with Gasteiger partial charge < -0.3 is 18.2 Å². The van der Waals surface area contributed by atoms with E-state index in [1.807, 2.05) is 27.7 Å². The predicted molar refractivity (Wildman–Crippen MR) is 116 cm³/mol. The first-order valence-corrected chi connectivity index (χ1v) is 10.3. The van der Waals surface area contributed by atoms with Crippen LogP contribution in [0, 0.1) is 19.3 Å². The second-order valence-electron chi connectivity index (χ2n) is 6.31. The van der Waals surface area contributed by atoms with Crippen molar-refractivity contribution in [3.8, 4) is 0 Å². The average molecular weight is 535 g/mol. The van der Waals surface area contributed by atoms with Crippen molar-refractivity contribution in [2.24, 2.45) is 5.92 Å². The van der Waals surface area contributed by atoms with Gasteiger partial charge >= 0.3 is 21.1 Å². The Balaban J connectivity index is 0.000000414. The van der Waals surface area contributed by atoms with Crippen molar-refractivity contribution >= 4 is 0 Å². The first-order valence-electron chi connectivity index (χ1n) is 10.3. The maximum atomic E-state index is 4.01. The van der Waals surface area contributed by atoms with Gasteiger partial charge in [-0.2, -0.15) is 12.3 Å². The Morgan fingerprint density at radius 3 is 1.89 bits per heavy atom. The molecule has 2 heteroatoms. The van der Waals surface area contributed by atoms with E-state index in [-0.39, 0.29) is 21.1 Å². The molecule has 0 aromatic heterocycles. The Morgan fingerprint density at radius 2 is 1.44 bits per heavy atom. The van der Waals surface area contributed by atoms with Gasteiger partial charge in [-0.15, -0.1) is 6.54 Å². The van der Waals surface area contributed by atoms with Crippen LogP contribution < -0.4 is 0 Å². The van der Waals surface area contributed by atoms with Crippen molar-refractivity contribution in [2.45, 2.75) is 53.0 Å². The molecule has 1 nitrogen and oxygen atoms in total. The first-order chi connectivity index (χ1) is 12.8. The quantitative estimate of drug-likeness (QED) is 0.392. The summed E-state index contributed by atoms with van der Waals surface area (Å²) in [5.74, 6) is 1.45. The predicted octanol–water partition coefficient (Wildman–Crippen LogP) is 6.77. The third-order valence-electron chi connectivity index (χ3n) is 4.44. The Labute approximate surface area is 182 Å². The number of hydrogen-bond donors (Lipinski definition) is 0. The van der Waals surface area contributed by atoms with Crippen LogP contribution in [-0.2, 0) is 27.6 Å². The molecule has 1 heterocycles. The van der Waals surface area contributed by atoms with Crippen LogP contribution in [0.2, 0.25) is 0 Å². The number of hydrogen-bond acceptors (Lipinski definition) is 1. The van der Waals surface area contributed by atoms with E-state index in [4.69, 9.17) is 0 Å². The number of nitrogens with zero attached hydrogens (tertiary/aromatic N) is 1. The maximum Gasteiger partial charge on any atom is 2.00 e. The van der Waals surface area contributed by atoms with Gasteiger partial charge in [0.1, 0.15) is 0 Å². The van der Waals surface area contributed by atoms with Gasteiger partial charge in [0.05, 0.1) is 0 Å². The summed E-state index contributed by atoms with van der Waals surface area (Å²) in [6.45, 7) is 15.5. The summed E-state index contributed by atoms with van der Waals surface area (Å²) in [7, 11) is 0. The van der Waals surface area contributed by atoms with Gasteiger partial charge in [0.25, 0.3) is 0 Å². The van der Waals surface area contributed by atoms with Gasteiger partial charge in [-0.3, -0.25) is 0 Å². The molecular weight excluding hydrogens is 498 g/mol. The average Bonchev–Trinajstić information content (AvgIpc) is 3.24. The second-order valence-corrected chi connectivity index (χ2v) is 6.31. The van der Waals surface area contributed by atoms with Gasteiger partial charge in [-0.25, -0.2) is 0 Å². The Morgan fingerprint density at radius 1 is 0.926 bits per heavy atom. The molecule has 2 fully saturated rings. The molecule has 27 heavy (non-hydrogen) atoms. The summed E-state index contributed by atoms with van der Waals surface area (Å²) in [6, 6.07) is 21.3. The fourth-order valence-electron chi connectivity index (χ4n) is 2.98. The first kappa shape index (κ1) is 26.1.